The van der Waals surface area contributed by atoms with E-state index in [0.717, 1.165) is 44.5 Å². The molecule has 1 aromatic rings. The van der Waals surface area contributed by atoms with Crippen molar-refractivity contribution < 1.29 is 14.3 Å². The fraction of sp³-hybridized carbons (Fsp3) is 0.611. The van der Waals surface area contributed by atoms with E-state index in [1.165, 1.54) is 5.56 Å². The monoisotopic (exact) mass is 303 g/mol. The highest BCUT2D eigenvalue weighted by molar-refractivity contribution is 5.80. The van der Waals surface area contributed by atoms with Crippen LogP contribution in [0.3, 0.4) is 0 Å². The molecule has 0 radical (unpaired) electrons. The van der Waals surface area contributed by atoms with Gasteiger partial charge in [0.15, 0.2) is 0 Å². The lowest BCUT2D eigenvalue weighted by Crippen LogP contribution is -2.45. The Morgan fingerprint density at radius 1 is 1.14 bits per heavy atom. The maximum Gasteiger partial charge on any atom is 0.226 e. The van der Waals surface area contributed by atoms with Crippen molar-refractivity contribution in [3.63, 3.8) is 0 Å². The summed E-state index contributed by atoms with van der Waals surface area (Å²) in [5, 5.41) is 3.16. The molecule has 4 heteroatoms. The molecule has 120 valence electrons. The van der Waals surface area contributed by atoms with Gasteiger partial charge in [0.25, 0.3) is 0 Å². The zero-order valence-electron chi connectivity index (χ0n) is 13.2. The van der Waals surface area contributed by atoms with Crippen LogP contribution in [0.1, 0.15) is 42.9 Å². The summed E-state index contributed by atoms with van der Waals surface area (Å²) < 4.78 is 11.4. The normalized spacial score (nSPS) is 29.0. The molecule has 2 fully saturated rings. The van der Waals surface area contributed by atoms with Crippen LogP contribution in [0, 0.1) is 12.8 Å². The van der Waals surface area contributed by atoms with Gasteiger partial charge in [-0.05, 0) is 38.2 Å². The standard InChI is InChI=1S/C18H25NO3/c1-13-6-8-14(9-7-13)17-16(5-3-11-22-17)18(20)19-15-4-2-10-21-12-15/h6-9,15-17H,2-5,10-12H2,1H3,(H,19,20)/t15-,16+,17+/m1/s1. The van der Waals surface area contributed by atoms with Gasteiger partial charge in [0.05, 0.1) is 24.7 Å². The Hall–Kier alpha value is -1.39. The van der Waals surface area contributed by atoms with Gasteiger partial charge >= 0.3 is 0 Å². The number of carbonyl (C=O) groups excluding carboxylic acids is 1. The molecule has 0 unspecified atom stereocenters. The summed E-state index contributed by atoms with van der Waals surface area (Å²) in [5.41, 5.74) is 2.32. The van der Waals surface area contributed by atoms with E-state index in [-0.39, 0.29) is 24.0 Å². The van der Waals surface area contributed by atoms with Crippen molar-refractivity contribution in [1.29, 1.82) is 0 Å². The predicted molar refractivity (Wildman–Crippen MR) is 84.6 cm³/mol. The van der Waals surface area contributed by atoms with E-state index >= 15 is 0 Å². The smallest absolute Gasteiger partial charge is 0.226 e. The molecular weight excluding hydrogens is 278 g/mol. The highest BCUT2D eigenvalue weighted by Crippen LogP contribution is 2.34. The zero-order chi connectivity index (χ0) is 15.4. The van der Waals surface area contributed by atoms with E-state index in [9.17, 15) is 4.79 Å². The first-order valence-corrected chi connectivity index (χ1v) is 8.30. The molecule has 2 aliphatic heterocycles. The second kappa shape index (κ2) is 7.25. The van der Waals surface area contributed by atoms with Gasteiger partial charge in [-0.1, -0.05) is 29.8 Å². The van der Waals surface area contributed by atoms with Crippen LogP contribution in [-0.2, 0) is 14.3 Å². The first-order valence-electron chi connectivity index (χ1n) is 8.30. The summed E-state index contributed by atoms with van der Waals surface area (Å²) >= 11 is 0. The van der Waals surface area contributed by atoms with Crippen molar-refractivity contribution in [3.05, 3.63) is 35.4 Å². The third kappa shape index (κ3) is 3.68. The molecule has 0 spiro atoms. The quantitative estimate of drug-likeness (QED) is 0.934. The van der Waals surface area contributed by atoms with Gasteiger partial charge in [-0.3, -0.25) is 4.79 Å². The van der Waals surface area contributed by atoms with Crippen LogP contribution in [-0.4, -0.2) is 31.8 Å². The second-order valence-corrected chi connectivity index (χ2v) is 6.37. The van der Waals surface area contributed by atoms with Gasteiger partial charge in [0.2, 0.25) is 5.91 Å². The molecule has 2 heterocycles. The number of amides is 1. The van der Waals surface area contributed by atoms with E-state index in [2.05, 4.69) is 36.5 Å². The highest BCUT2D eigenvalue weighted by atomic mass is 16.5. The first-order chi connectivity index (χ1) is 10.7. The minimum Gasteiger partial charge on any atom is -0.379 e. The topological polar surface area (TPSA) is 47.6 Å². The van der Waals surface area contributed by atoms with E-state index in [0.29, 0.717) is 6.61 Å². The van der Waals surface area contributed by atoms with Crippen molar-refractivity contribution in [3.8, 4) is 0 Å². The van der Waals surface area contributed by atoms with E-state index in [1.807, 2.05) is 0 Å². The summed E-state index contributed by atoms with van der Waals surface area (Å²) in [4.78, 5) is 12.7. The van der Waals surface area contributed by atoms with Crippen molar-refractivity contribution in [2.75, 3.05) is 19.8 Å². The Balaban J connectivity index is 1.68. The van der Waals surface area contributed by atoms with Crippen molar-refractivity contribution in [2.24, 2.45) is 5.92 Å². The fourth-order valence-electron chi connectivity index (χ4n) is 3.30. The Labute approximate surface area is 132 Å². The van der Waals surface area contributed by atoms with Crippen LogP contribution in [0.2, 0.25) is 0 Å². The minimum absolute atomic E-state index is 0.0987. The molecule has 1 aromatic carbocycles. The number of aryl methyl sites for hydroxylation is 1. The van der Waals surface area contributed by atoms with E-state index < -0.39 is 0 Å². The number of carbonyl (C=O) groups is 1. The van der Waals surface area contributed by atoms with Crippen molar-refractivity contribution in [2.45, 2.75) is 44.8 Å². The average Bonchev–Trinajstić information content (AvgIpc) is 2.56. The molecule has 3 rings (SSSR count). The summed E-state index contributed by atoms with van der Waals surface area (Å²) in [6.07, 6.45) is 3.74. The van der Waals surface area contributed by atoms with Crippen LogP contribution >= 0.6 is 0 Å². The molecule has 0 aliphatic carbocycles. The van der Waals surface area contributed by atoms with E-state index in [4.69, 9.17) is 9.47 Å². The predicted octanol–water partition coefficient (Wildman–Crippen LogP) is 2.76. The van der Waals surface area contributed by atoms with E-state index in [1.54, 1.807) is 0 Å². The lowest BCUT2D eigenvalue weighted by atomic mass is 9.88. The van der Waals surface area contributed by atoms with Crippen molar-refractivity contribution >= 4 is 5.91 Å². The molecule has 3 atom stereocenters. The summed E-state index contributed by atoms with van der Waals surface area (Å²) in [6.45, 7) is 4.24. The summed E-state index contributed by atoms with van der Waals surface area (Å²) in [5.74, 6) is 0.0131. The third-order valence-corrected chi connectivity index (χ3v) is 4.57. The number of ether oxygens (including phenoxy) is 2. The number of nitrogens with one attached hydrogen (secondary N) is 1. The van der Waals surface area contributed by atoms with Gasteiger partial charge in [0.1, 0.15) is 0 Å². The van der Waals surface area contributed by atoms with Gasteiger partial charge in [-0.2, -0.15) is 0 Å². The first kappa shape index (κ1) is 15.5. The van der Waals surface area contributed by atoms with Gasteiger partial charge in [0, 0.05) is 13.2 Å². The maximum absolute atomic E-state index is 12.7. The van der Waals surface area contributed by atoms with Crippen LogP contribution < -0.4 is 5.32 Å². The number of benzene rings is 1. The third-order valence-electron chi connectivity index (χ3n) is 4.57. The SMILES string of the molecule is Cc1ccc([C@@H]2OCCC[C@@H]2C(=O)N[C@@H]2CCCOC2)cc1. The fourth-order valence-corrected chi connectivity index (χ4v) is 3.30. The molecule has 2 saturated heterocycles. The molecule has 2 aliphatic rings. The number of rotatable bonds is 3. The highest BCUT2D eigenvalue weighted by Gasteiger charge is 2.34. The largest absolute Gasteiger partial charge is 0.379 e. The van der Waals surface area contributed by atoms with Crippen LogP contribution in [0.4, 0.5) is 0 Å². The number of hydrogen-bond donors (Lipinski definition) is 1. The summed E-state index contributed by atoms with van der Waals surface area (Å²) in [6, 6.07) is 8.47. The maximum atomic E-state index is 12.7. The molecule has 1 N–H and O–H groups in total. The Morgan fingerprint density at radius 2 is 1.91 bits per heavy atom. The minimum atomic E-state index is -0.126. The molecule has 0 bridgehead atoms. The Kier molecular flexibility index (Phi) is 5.11. The summed E-state index contributed by atoms with van der Waals surface area (Å²) in [7, 11) is 0. The average molecular weight is 303 g/mol. The second-order valence-electron chi connectivity index (χ2n) is 6.37. The van der Waals surface area contributed by atoms with Crippen LogP contribution in [0.15, 0.2) is 24.3 Å². The molecule has 22 heavy (non-hydrogen) atoms. The molecule has 0 aromatic heterocycles. The lowest BCUT2D eigenvalue weighted by Gasteiger charge is -2.33. The Bertz CT molecular complexity index is 494. The van der Waals surface area contributed by atoms with Crippen LogP contribution in [0.25, 0.3) is 0 Å². The van der Waals surface area contributed by atoms with Crippen molar-refractivity contribution in [1.82, 2.24) is 5.32 Å². The molecule has 4 nitrogen and oxygen atoms in total. The van der Waals surface area contributed by atoms with Gasteiger partial charge in [-0.25, -0.2) is 0 Å². The molecule has 0 saturated carbocycles. The van der Waals surface area contributed by atoms with Gasteiger partial charge in [-0.15, -0.1) is 0 Å². The molecule has 1 amide bonds. The van der Waals surface area contributed by atoms with Crippen LogP contribution in [0.5, 0.6) is 0 Å². The lowest BCUT2D eigenvalue weighted by molar-refractivity contribution is -0.136. The Morgan fingerprint density at radius 3 is 2.64 bits per heavy atom. The van der Waals surface area contributed by atoms with Gasteiger partial charge < -0.3 is 14.8 Å². The molecular formula is C18H25NO3. The zero-order valence-corrected chi connectivity index (χ0v) is 13.2. The number of hydrogen-bond acceptors (Lipinski definition) is 3.